The first-order valence-corrected chi connectivity index (χ1v) is 5.71. The molecule has 1 N–H and O–H groups in total. The number of hydrogen-bond acceptors (Lipinski definition) is 2. The van der Waals surface area contributed by atoms with Gasteiger partial charge in [0.1, 0.15) is 0 Å². The van der Waals surface area contributed by atoms with Crippen LogP contribution in [0, 0.1) is 6.92 Å². The summed E-state index contributed by atoms with van der Waals surface area (Å²) in [5, 5.41) is 4.44. The SMILES string of the molecule is CNc1cc(C(C)C)nc2cc(C)ccc12. The van der Waals surface area contributed by atoms with E-state index in [2.05, 4.69) is 50.4 Å². The minimum absolute atomic E-state index is 0.456. The summed E-state index contributed by atoms with van der Waals surface area (Å²) >= 11 is 0. The van der Waals surface area contributed by atoms with Crippen molar-refractivity contribution in [2.75, 3.05) is 12.4 Å². The maximum Gasteiger partial charge on any atom is 0.0728 e. The summed E-state index contributed by atoms with van der Waals surface area (Å²) in [5.41, 5.74) is 4.63. The molecule has 16 heavy (non-hydrogen) atoms. The van der Waals surface area contributed by atoms with E-state index in [4.69, 9.17) is 4.98 Å². The molecule has 0 fully saturated rings. The Morgan fingerprint density at radius 1 is 1.19 bits per heavy atom. The second kappa shape index (κ2) is 4.12. The van der Waals surface area contributed by atoms with Crippen molar-refractivity contribution >= 4 is 16.6 Å². The van der Waals surface area contributed by atoms with Crippen molar-refractivity contribution in [3.63, 3.8) is 0 Å². The lowest BCUT2D eigenvalue weighted by atomic mass is 10.1. The van der Waals surface area contributed by atoms with Gasteiger partial charge in [-0.25, -0.2) is 0 Å². The van der Waals surface area contributed by atoms with Crippen molar-refractivity contribution in [1.82, 2.24) is 4.98 Å². The van der Waals surface area contributed by atoms with Crippen LogP contribution >= 0.6 is 0 Å². The minimum atomic E-state index is 0.456. The molecule has 1 heterocycles. The van der Waals surface area contributed by atoms with Gasteiger partial charge in [0.05, 0.1) is 5.52 Å². The highest BCUT2D eigenvalue weighted by molar-refractivity contribution is 5.91. The molecule has 2 aromatic rings. The number of rotatable bonds is 2. The van der Waals surface area contributed by atoms with Crippen molar-refractivity contribution in [2.45, 2.75) is 26.7 Å². The van der Waals surface area contributed by atoms with E-state index in [0.29, 0.717) is 5.92 Å². The smallest absolute Gasteiger partial charge is 0.0728 e. The van der Waals surface area contributed by atoms with Gasteiger partial charge >= 0.3 is 0 Å². The molecule has 0 aliphatic rings. The molecule has 2 nitrogen and oxygen atoms in total. The predicted octanol–water partition coefficient (Wildman–Crippen LogP) is 3.71. The molecular formula is C14H18N2. The van der Waals surface area contributed by atoms with Gasteiger partial charge in [0.15, 0.2) is 0 Å². The molecule has 0 saturated carbocycles. The number of hydrogen-bond donors (Lipinski definition) is 1. The molecule has 1 aromatic heterocycles. The summed E-state index contributed by atoms with van der Waals surface area (Å²) in [5.74, 6) is 0.456. The van der Waals surface area contributed by atoms with Crippen LogP contribution in [-0.2, 0) is 0 Å². The number of aryl methyl sites for hydroxylation is 1. The molecule has 84 valence electrons. The van der Waals surface area contributed by atoms with E-state index >= 15 is 0 Å². The Balaban J connectivity index is 2.73. The molecule has 0 saturated heterocycles. The van der Waals surface area contributed by atoms with E-state index in [0.717, 1.165) is 16.9 Å². The second-order valence-electron chi connectivity index (χ2n) is 4.52. The first-order valence-electron chi connectivity index (χ1n) is 5.71. The number of nitrogens with zero attached hydrogens (tertiary/aromatic N) is 1. The Kier molecular flexibility index (Phi) is 2.82. The van der Waals surface area contributed by atoms with Crippen LogP contribution in [0.15, 0.2) is 24.3 Å². The molecule has 0 bridgehead atoms. The van der Waals surface area contributed by atoms with Crippen LogP contribution in [0.1, 0.15) is 31.0 Å². The highest BCUT2D eigenvalue weighted by Crippen LogP contribution is 2.26. The second-order valence-corrected chi connectivity index (χ2v) is 4.52. The zero-order valence-corrected chi connectivity index (χ0v) is 10.3. The van der Waals surface area contributed by atoms with Crippen LogP contribution < -0.4 is 5.32 Å². The Morgan fingerprint density at radius 3 is 2.56 bits per heavy atom. The van der Waals surface area contributed by atoms with E-state index in [-0.39, 0.29) is 0 Å². The third kappa shape index (κ3) is 1.87. The van der Waals surface area contributed by atoms with Crippen molar-refractivity contribution in [3.05, 3.63) is 35.5 Å². The van der Waals surface area contributed by atoms with Gasteiger partial charge in [-0.05, 0) is 30.5 Å². The van der Waals surface area contributed by atoms with E-state index < -0.39 is 0 Å². The molecule has 0 aliphatic heterocycles. The zero-order chi connectivity index (χ0) is 11.7. The Bertz CT molecular complexity index is 515. The van der Waals surface area contributed by atoms with Gasteiger partial charge in [-0.3, -0.25) is 4.98 Å². The standard InChI is InChI=1S/C14H18N2/c1-9(2)12-8-13(15-4)11-6-5-10(3)7-14(11)16-12/h5-9H,1-4H3,(H,15,16). The van der Waals surface area contributed by atoms with Crippen LogP contribution in [0.25, 0.3) is 10.9 Å². The Labute approximate surface area is 96.7 Å². The number of aromatic nitrogens is 1. The Morgan fingerprint density at radius 2 is 1.94 bits per heavy atom. The van der Waals surface area contributed by atoms with Gasteiger partial charge in [-0.2, -0.15) is 0 Å². The molecule has 0 atom stereocenters. The van der Waals surface area contributed by atoms with Crippen molar-refractivity contribution < 1.29 is 0 Å². The highest BCUT2D eigenvalue weighted by Gasteiger charge is 2.07. The first-order chi connectivity index (χ1) is 7.61. The van der Waals surface area contributed by atoms with Gasteiger partial charge in [-0.15, -0.1) is 0 Å². The lowest BCUT2D eigenvalue weighted by Gasteiger charge is -2.11. The lowest BCUT2D eigenvalue weighted by Crippen LogP contribution is -1.98. The van der Waals surface area contributed by atoms with E-state index in [9.17, 15) is 0 Å². The summed E-state index contributed by atoms with van der Waals surface area (Å²) in [6.45, 7) is 6.44. The molecule has 0 amide bonds. The number of benzene rings is 1. The average molecular weight is 214 g/mol. The average Bonchev–Trinajstić information content (AvgIpc) is 2.26. The van der Waals surface area contributed by atoms with E-state index in [1.54, 1.807) is 0 Å². The van der Waals surface area contributed by atoms with Gasteiger partial charge < -0.3 is 5.32 Å². The van der Waals surface area contributed by atoms with Gasteiger partial charge in [0.25, 0.3) is 0 Å². The zero-order valence-electron chi connectivity index (χ0n) is 10.3. The molecular weight excluding hydrogens is 196 g/mol. The third-order valence-corrected chi connectivity index (χ3v) is 2.85. The first kappa shape index (κ1) is 10.9. The van der Waals surface area contributed by atoms with Crippen molar-refractivity contribution in [3.8, 4) is 0 Å². The monoisotopic (exact) mass is 214 g/mol. The maximum absolute atomic E-state index is 4.70. The summed E-state index contributed by atoms with van der Waals surface area (Å²) in [4.78, 5) is 4.70. The van der Waals surface area contributed by atoms with E-state index in [1.807, 2.05) is 7.05 Å². The molecule has 0 unspecified atom stereocenters. The summed E-state index contributed by atoms with van der Waals surface area (Å²) < 4.78 is 0. The quantitative estimate of drug-likeness (QED) is 0.824. The van der Waals surface area contributed by atoms with Crippen LogP contribution in [-0.4, -0.2) is 12.0 Å². The molecule has 2 rings (SSSR count). The van der Waals surface area contributed by atoms with Gasteiger partial charge in [0.2, 0.25) is 0 Å². The highest BCUT2D eigenvalue weighted by atomic mass is 14.8. The molecule has 2 heteroatoms. The number of anilines is 1. The fourth-order valence-electron chi connectivity index (χ4n) is 1.86. The fraction of sp³-hybridized carbons (Fsp3) is 0.357. The normalized spacial score (nSPS) is 11.1. The molecule has 0 aliphatic carbocycles. The largest absolute Gasteiger partial charge is 0.388 e. The van der Waals surface area contributed by atoms with Gasteiger partial charge in [-0.1, -0.05) is 26.0 Å². The minimum Gasteiger partial charge on any atom is -0.388 e. The van der Waals surface area contributed by atoms with Crippen LogP contribution in [0.4, 0.5) is 5.69 Å². The molecule has 0 spiro atoms. The number of fused-ring (bicyclic) bond motifs is 1. The van der Waals surface area contributed by atoms with Crippen LogP contribution in [0.5, 0.6) is 0 Å². The lowest BCUT2D eigenvalue weighted by molar-refractivity contribution is 0.830. The molecule has 0 radical (unpaired) electrons. The van der Waals surface area contributed by atoms with Crippen molar-refractivity contribution in [1.29, 1.82) is 0 Å². The Hall–Kier alpha value is -1.57. The summed E-state index contributed by atoms with van der Waals surface area (Å²) in [7, 11) is 1.96. The third-order valence-electron chi connectivity index (χ3n) is 2.85. The van der Waals surface area contributed by atoms with Gasteiger partial charge in [0, 0.05) is 23.8 Å². The topological polar surface area (TPSA) is 24.9 Å². The summed E-state index contributed by atoms with van der Waals surface area (Å²) in [6.07, 6.45) is 0. The molecule has 1 aromatic carbocycles. The van der Waals surface area contributed by atoms with Crippen molar-refractivity contribution in [2.24, 2.45) is 0 Å². The number of pyridine rings is 1. The maximum atomic E-state index is 4.70. The summed E-state index contributed by atoms with van der Waals surface area (Å²) in [6, 6.07) is 8.54. The van der Waals surface area contributed by atoms with Crippen LogP contribution in [0.3, 0.4) is 0 Å². The predicted molar refractivity (Wildman–Crippen MR) is 70.1 cm³/mol. The number of nitrogens with one attached hydrogen (secondary N) is 1. The van der Waals surface area contributed by atoms with E-state index in [1.165, 1.54) is 10.9 Å². The van der Waals surface area contributed by atoms with Crippen LogP contribution in [0.2, 0.25) is 0 Å². The fourth-order valence-corrected chi connectivity index (χ4v) is 1.86.